The lowest BCUT2D eigenvalue weighted by molar-refractivity contribution is -0.385. The summed E-state index contributed by atoms with van der Waals surface area (Å²) in [6.45, 7) is 0. The standard InChI is InChI=1S/C14H15NO5S/c1-2-11-6-3-4-9-14(11)20-21(18,19)13-8-5-7-12(10-13)15(16)17/h1,5,7-8,10-11,14H,3-4,6,9H2/t11-,14+/m1/s1. The Morgan fingerprint density at radius 1 is 1.33 bits per heavy atom. The molecule has 1 fully saturated rings. The molecule has 1 aromatic carbocycles. The normalized spacial score (nSPS) is 22.4. The van der Waals surface area contributed by atoms with Crippen molar-refractivity contribution in [3.8, 4) is 12.3 Å². The third-order valence-corrected chi connectivity index (χ3v) is 4.82. The molecular weight excluding hydrogens is 294 g/mol. The third-order valence-electron chi connectivity index (χ3n) is 3.48. The molecule has 0 amide bonds. The van der Waals surface area contributed by atoms with Crippen molar-refractivity contribution in [3.63, 3.8) is 0 Å². The first-order valence-corrected chi connectivity index (χ1v) is 7.99. The van der Waals surface area contributed by atoms with E-state index in [1.807, 2.05) is 0 Å². The van der Waals surface area contributed by atoms with Crippen molar-refractivity contribution in [1.82, 2.24) is 0 Å². The van der Waals surface area contributed by atoms with E-state index in [1.165, 1.54) is 18.2 Å². The van der Waals surface area contributed by atoms with Gasteiger partial charge >= 0.3 is 0 Å². The number of terminal acetylenes is 1. The number of hydrogen-bond acceptors (Lipinski definition) is 5. The molecule has 0 aromatic heterocycles. The molecule has 0 bridgehead atoms. The largest absolute Gasteiger partial charge is 0.297 e. The summed E-state index contributed by atoms with van der Waals surface area (Å²) >= 11 is 0. The molecule has 21 heavy (non-hydrogen) atoms. The van der Waals surface area contributed by atoms with E-state index in [0.717, 1.165) is 25.3 Å². The highest BCUT2D eigenvalue weighted by molar-refractivity contribution is 7.86. The Kier molecular flexibility index (Phi) is 4.60. The van der Waals surface area contributed by atoms with Crippen LogP contribution in [0, 0.1) is 28.4 Å². The molecule has 2 atom stereocenters. The van der Waals surface area contributed by atoms with E-state index in [9.17, 15) is 18.5 Å². The van der Waals surface area contributed by atoms with Gasteiger partial charge < -0.3 is 0 Å². The van der Waals surface area contributed by atoms with Crippen LogP contribution in [0.5, 0.6) is 0 Å². The highest BCUT2D eigenvalue weighted by Crippen LogP contribution is 2.29. The SMILES string of the molecule is C#C[C@@H]1CCCC[C@@H]1OS(=O)(=O)c1cccc([N+](=O)[O-])c1. The Hall–Kier alpha value is -1.91. The van der Waals surface area contributed by atoms with Crippen molar-refractivity contribution >= 4 is 15.8 Å². The third kappa shape index (κ3) is 3.60. The maximum Gasteiger partial charge on any atom is 0.297 e. The van der Waals surface area contributed by atoms with Crippen LogP contribution in [0.2, 0.25) is 0 Å². The highest BCUT2D eigenvalue weighted by Gasteiger charge is 2.30. The van der Waals surface area contributed by atoms with Crippen LogP contribution >= 0.6 is 0 Å². The zero-order valence-corrected chi connectivity index (χ0v) is 12.1. The molecule has 2 rings (SSSR count). The Balaban J connectivity index is 2.24. The lowest BCUT2D eigenvalue weighted by atomic mass is 9.87. The average molecular weight is 309 g/mol. The van der Waals surface area contributed by atoms with Crippen molar-refractivity contribution in [1.29, 1.82) is 0 Å². The van der Waals surface area contributed by atoms with Gasteiger partial charge in [-0.15, -0.1) is 12.3 Å². The van der Waals surface area contributed by atoms with Crippen molar-refractivity contribution in [2.24, 2.45) is 5.92 Å². The molecule has 112 valence electrons. The van der Waals surface area contributed by atoms with Gasteiger partial charge in [0.05, 0.1) is 11.0 Å². The number of rotatable bonds is 4. The smallest absolute Gasteiger partial charge is 0.262 e. The summed E-state index contributed by atoms with van der Waals surface area (Å²) in [5, 5.41) is 10.7. The van der Waals surface area contributed by atoms with E-state index in [2.05, 4.69) is 5.92 Å². The number of benzene rings is 1. The van der Waals surface area contributed by atoms with E-state index in [-0.39, 0.29) is 16.5 Å². The Morgan fingerprint density at radius 3 is 2.71 bits per heavy atom. The zero-order chi connectivity index (χ0) is 15.5. The summed E-state index contributed by atoms with van der Waals surface area (Å²) in [7, 11) is -4.06. The van der Waals surface area contributed by atoms with Crippen molar-refractivity contribution in [2.45, 2.75) is 36.7 Å². The van der Waals surface area contributed by atoms with Gasteiger partial charge in [-0.05, 0) is 18.9 Å². The molecule has 0 N–H and O–H groups in total. The first-order chi connectivity index (χ1) is 9.94. The molecule has 7 heteroatoms. The first-order valence-electron chi connectivity index (χ1n) is 6.58. The monoisotopic (exact) mass is 309 g/mol. The maximum atomic E-state index is 12.2. The number of nitrogens with zero attached hydrogens (tertiary/aromatic N) is 1. The number of non-ortho nitro benzene ring substituents is 1. The minimum Gasteiger partial charge on any atom is -0.262 e. The van der Waals surface area contributed by atoms with Crippen LogP contribution in [-0.4, -0.2) is 19.4 Å². The fourth-order valence-corrected chi connectivity index (χ4v) is 3.55. The zero-order valence-electron chi connectivity index (χ0n) is 11.3. The first kappa shape index (κ1) is 15.5. The summed E-state index contributed by atoms with van der Waals surface area (Å²) in [6, 6.07) is 4.80. The molecule has 0 saturated heterocycles. The number of nitro groups is 1. The minimum atomic E-state index is -4.06. The van der Waals surface area contributed by atoms with Gasteiger partial charge in [0, 0.05) is 18.1 Å². The van der Waals surface area contributed by atoms with E-state index in [4.69, 9.17) is 10.6 Å². The van der Waals surface area contributed by atoms with Crippen molar-refractivity contribution in [2.75, 3.05) is 0 Å². The topological polar surface area (TPSA) is 86.5 Å². The van der Waals surface area contributed by atoms with Gasteiger partial charge in [-0.1, -0.05) is 18.9 Å². The van der Waals surface area contributed by atoms with Gasteiger partial charge in [-0.3, -0.25) is 14.3 Å². The molecule has 6 nitrogen and oxygen atoms in total. The van der Waals surface area contributed by atoms with E-state index >= 15 is 0 Å². The molecule has 0 spiro atoms. The summed E-state index contributed by atoms with van der Waals surface area (Å²) in [6.07, 6.45) is 7.94. The second kappa shape index (κ2) is 6.24. The molecule has 1 aliphatic carbocycles. The molecular formula is C14H15NO5S. The molecule has 0 radical (unpaired) electrons. The summed E-state index contributed by atoms with van der Waals surface area (Å²) in [5.41, 5.74) is -0.295. The number of hydrogen-bond donors (Lipinski definition) is 0. The number of nitro benzene ring substituents is 1. The van der Waals surface area contributed by atoms with Gasteiger partial charge in [-0.25, -0.2) is 0 Å². The van der Waals surface area contributed by atoms with Crippen LogP contribution in [0.1, 0.15) is 25.7 Å². The second-order valence-electron chi connectivity index (χ2n) is 4.90. The van der Waals surface area contributed by atoms with Gasteiger partial charge in [0.15, 0.2) is 0 Å². The van der Waals surface area contributed by atoms with Crippen LogP contribution in [0.15, 0.2) is 29.2 Å². The quantitative estimate of drug-likeness (QED) is 0.369. The van der Waals surface area contributed by atoms with E-state index < -0.39 is 21.1 Å². The summed E-state index contributed by atoms with van der Waals surface area (Å²) in [4.78, 5) is 9.84. The predicted molar refractivity (Wildman–Crippen MR) is 75.9 cm³/mol. The molecule has 0 unspecified atom stereocenters. The Labute approximate surface area is 123 Å². The predicted octanol–water partition coefficient (Wildman–Crippen LogP) is 2.49. The average Bonchev–Trinajstić information content (AvgIpc) is 2.47. The highest BCUT2D eigenvalue weighted by atomic mass is 32.2. The lowest BCUT2D eigenvalue weighted by Gasteiger charge is -2.27. The van der Waals surface area contributed by atoms with Crippen LogP contribution in [-0.2, 0) is 14.3 Å². The van der Waals surface area contributed by atoms with Crippen LogP contribution in [0.4, 0.5) is 5.69 Å². The molecule has 0 aliphatic heterocycles. The fraction of sp³-hybridized carbons (Fsp3) is 0.429. The van der Waals surface area contributed by atoms with Gasteiger partial charge in [0.25, 0.3) is 15.8 Å². The van der Waals surface area contributed by atoms with Gasteiger partial charge in [-0.2, -0.15) is 8.42 Å². The van der Waals surface area contributed by atoms with Crippen molar-refractivity contribution < 1.29 is 17.5 Å². The maximum absolute atomic E-state index is 12.2. The van der Waals surface area contributed by atoms with Crippen LogP contribution < -0.4 is 0 Å². The van der Waals surface area contributed by atoms with Gasteiger partial charge in [0.1, 0.15) is 4.90 Å². The van der Waals surface area contributed by atoms with Gasteiger partial charge in [0.2, 0.25) is 0 Å². The van der Waals surface area contributed by atoms with Crippen LogP contribution in [0.25, 0.3) is 0 Å². The van der Waals surface area contributed by atoms with Crippen LogP contribution in [0.3, 0.4) is 0 Å². The van der Waals surface area contributed by atoms with E-state index in [0.29, 0.717) is 6.42 Å². The fourth-order valence-electron chi connectivity index (χ4n) is 2.37. The Bertz CT molecular complexity index is 677. The molecule has 1 saturated carbocycles. The molecule has 0 heterocycles. The van der Waals surface area contributed by atoms with Crippen molar-refractivity contribution in [3.05, 3.63) is 34.4 Å². The molecule has 1 aromatic rings. The summed E-state index contributed by atoms with van der Waals surface area (Å²) < 4.78 is 29.7. The Morgan fingerprint density at radius 2 is 2.05 bits per heavy atom. The lowest BCUT2D eigenvalue weighted by Crippen LogP contribution is -2.29. The minimum absolute atomic E-state index is 0.224. The molecule has 1 aliphatic rings. The summed E-state index contributed by atoms with van der Waals surface area (Å²) in [5.74, 6) is 2.32. The van der Waals surface area contributed by atoms with E-state index in [1.54, 1.807) is 0 Å². The second-order valence-corrected chi connectivity index (χ2v) is 6.47.